The lowest BCUT2D eigenvalue weighted by atomic mass is 10.2. The summed E-state index contributed by atoms with van der Waals surface area (Å²) < 4.78 is 7.01. The van der Waals surface area contributed by atoms with Crippen LogP contribution in [0.15, 0.2) is 77.0 Å². The number of hydrogen-bond acceptors (Lipinski definition) is 7. The maximum absolute atomic E-state index is 13.0. The Morgan fingerprint density at radius 1 is 1.10 bits per heavy atom. The zero-order valence-electron chi connectivity index (χ0n) is 16.8. The maximum atomic E-state index is 13.0. The average molecular weight is 449 g/mol. The van der Waals surface area contributed by atoms with Gasteiger partial charge in [0.1, 0.15) is 6.61 Å². The summed E-state index contributed by atoms with van der Waals surface area (Å²) >= 11 is 3.17. The van der Waals surface area contributed by atoms with Crippen molar-refractivity contribution in [3.63, 3.8) is 0 Å². The van der Waals surface area contributed by atoms with E-state index in [0.29, 0.717) is 11.6 Å². The second-order valence-corrected chi connectivity index (χ2v) is 8.77. The molecule has 2 heterocycles. The van der Waals surface area contributed by atoms with Gasteiger partial charge in [-0.25, -0.2) is 4.79 Å². The molecule has 0 saturated heterocycles. The number of carbonyl (C=O) groups excluding carboxylic acids is 1. The zero-order chi connectivity index (χ0) is 21.5. The molecule has 0 bridgehead atoms. The van der Waals surface area contributed by atoms with Crippen LogP contribution in [0.25, 0.3) is 23.2 Å². The van der Waals surface area contributed by atoms with E-state index in [1.807, 2.05) is 47.8 Å². The van der Waals surface area contributed by atoms with E-state index in [-0.39, 0.29) is 12.3 Å². The maximum Gasteiger partial charge on any atom is 0.357 e. The number of thioether (sulfide) groups is 1. The van der Waals surface area contributed by atoms with E-state index in [0.717, 1.165) is 15.3 Å². The molecule has 4 rings (SSSR count). The molecular weight excluding hydrogens is 428 g/mol. The number of thiophene rings is 1. The number of carbonyl (C=O) groups is 1. The van der Waals surface area contributed by atoms with Gasteiger partial charge in [-0.05, 0) is 47.0 Å². The van der Waals surface area contributed by atoms with Gasteiger partial charge in [-0.3, -0.25) is 0 Å². The lowest BCUT2D eigenvalue weighted by Gasteiger charge is -2.10. The molecule has 0 aliphatic heterocycles. The topological polar surface area (TPSA) is 69.9 Å². The predicted molar refractivity (Wildman–Crippen MR) is 125 cm³/mol. The molecule has 31 heavy (non-hydrogen) atoms. The molecule has 156 valence electrons. The van der Waals surface area contributed by atoms with Crippen LogP contribution in [0, 0.1) is 6.92 Å². The van der Waals surface area contributed by atoms with Crippen molar-refractivity contribution in [2.45, 2.75) is 11.8 Å². The van der Waals surface area contributed by atoms with Gasteiger partial charge in [0.15, 0.2) is 11.5 Å². The number of nitrogens with zero attached hydrogens (tertiary/aromatic N) is 4. The predicted octanol–water partition coefficient (Wildman–Crippen LogP) is 5.04. The van der Waals surface area contributed by atoms with Crippen molar-refractivity contribution < 1.29 is 9.53 Å². The van der Waals surface area contributed by atoms with E-state index in [1.165, 1.54) is 21.6 Å². The molecule has 2 aromatic carbocycles. The van der Waals surface area contributed by atoms with Crippen molar-refractivity contribution in [3.8, 4) is 11.4 Å². The summed E-state index contributed by atoms with van der Waals surface area (Å²) in [7, 11) is 0. The van der Waals surface area contributed by atoms with Crippen LogP contribution in [-0.2, 0) is 9.53 Å². The lowest BCUT2D eigenvalue weighted by Crippen LogP contribution is -2.16. The van der Waals surface area contributed by atoms with E-state index in [1.54, 1.807) is 17.8 Å². The van der Waals surface area contributed by atoms with Crippen LogP contribution in [0.4, 0.5) is 0 Å². The molecule has 0 N–H and O–H groups in total. The molecular formula is C23H20N4O2S2. The normalized spacial score (nSPS) is 11.5. The number of tetrazole rings is 1. The molecule has 0 fully saturated rings. The van der Waals surface area contributed by atoms with Crippen LogP contribution in [0.1, 0.15) is 10.4 Å². The fraction of sp³-hybridized carbons (Fsp3) is 0.130. The number of ether oxygens (including phenoxy) is 1. The van der Waals surface area contributed by atoms with Gasteiger partial charge in [0.25, 0.3) is 0 Å². The minimum Gasteiger partial charge on any atom is -0.460 e. The number of rotatable bonds is 8. The van der Waals surface area contributed by atoms with Gasteiger partial charge < -0.3 is 4.74 Å². The number of aromatic nitrogens is 4. The highest BCUT2D eigenvalue weighted by Gasteiger charge is 2.20. The van der Waals surface area contributed by atoms with Crippen LogP contribution < -0.4 is 0 Å². The van der Waals surface area contributed by atoms with Crippen molar-refractivity contribution in [1.29, 1.82) is 0 Å². The molecule has 0 saturated carbocycles. The molecule has 0 spiro atoms. The van der Waals surface area contributed by atoms with Gasteiger partial charge in [0.05, 0.1) is 0 Å². The summed E-state index contributed by atoms with van der Waals surface area (Å²) in [6.07, 6.45) is 1.75. The standard InChI is InChI=1S/C23H20N4O2S2/c1-17-9-11-19(12-10-17)31-15-13-29-23(28)21(16-20-8-5-14-30-20)27-22(24-25-26-27)18-6-3-2-4-7-18/h2-12,14,16H,13,15H2,1H3/b21-16+. The highest BCUT2D eigenvalue weighted by Crippen LogP contribution is 2.23. The molecule has 2 aromatic heterocycles. The summed E-state index contributed by atoms with van der Waals surface area (Å²) in [5, 5.41) is 13.9. The second-order valence-electron chi connectivity index (χ2n) is 6.62. The molecule has 8 heteroatoms. The number of hydrogen-bond donors (Lipinski definition) is 0. The Bertz CT molecular complexity index is 1150. The first-order chi connectivity index (χ1) is 15.2. The highest BCUT2D eigenvalue weighted by atomic mass is 32.2. The van der Waals surface area contributed by atoms with Crippen molar-refractivity contribution in [1.82, 2.24) is 20.2 Å². The minimum atomic E-state index is -0.470. The van der Waals surface area contributed by atoms with E-state index >= 15 is 0 Å². The average Bonchev–Trinajstić information content (AvgIpc) is 3.49. The summed E-state index contributed by atoms with van der Waals surface area (Å²) in [6.45, 7) is 2.34. The van der Waals surface area contributed by atoms with Crippen molar-refractivity contribution in [3.05, 3.63) is 82.6 Å². The first-order valence-corrected chi connectivity index (χ1v) is 11.5. The molecule has 0 radical (unpaired) electrons. The molecule has 0 atom stereocenters. The van der Waals surface area contributed by atoms with Crippen LogP contribution in [-0.4, -0.2) is 38.5 Å². The summed E-state index contributed by atoms with van der Waals surface area (Å²) in [4.78, 5) is 15.0. The molecule has 0 aliphatic rings. The van der Waals surface area contributed by atoms with Gasteiger partial charge >= 0.3 is 5.97 Å². The Balaban J connectivity index is 1.51. The van der Waals surface area contributed by atoms with Crippen molar-refractivity contribution in [2.75, 3.05) is 12.4 Å². The lowest BCUT2D eigenvalue weighted by molar-refractivity contribution is -0.136. The zero-order valence-corrected chi connectivity index (χ0v) is 18.5. The first-order valence-electron chi connectivity index (χ1n) is 9.67. The number of esters is 1. The van der Waals surface area contributed by atoms with Crippen LogP contribution in [0.5, 0.6) is 0 Å². The Kier molecular flexibility index (Phi) is 6.91. The third-order valence-corrected chi connectivity index (χ3v) is 6.16. The molecule has 0 unspecified atom stereocenters. The fourth-order valence-electron chi connectivity index (χ4n) is 2.83. The van der Waals surface area contributed by atoms with Crippen LogP contribution in [0.3, 0.4) is 0 Å². The fourth-order valence-corrected chi connectivity index (χ4v) is 4.22. The van der Waals surface area contributed by atoms with Crippen molar-refractivity contribution in [2.24, 2.45) is 0 Å². The third-order valence-electron chi connectivity index (χ3n) is 4.37. The first kappa shape index (κ1) is 21.0. The molecule has 4 aromatic rings. The van der Waals surface area contributed by atoms with Gasteiger partial charge in [-0.2, -0.15) is 4.68 Å². The Labute approximate surface area is 188 Å². The summed E-state index contributed by atoms with van der Waals surface area (Å²) in [5.41, 5.74) is 2.30. The number of benzene rings is 2. The SMILES string of the molecule is Cc1ccc(SCCOC(=O)/C(=C\c2cccs2)n2nnnc2-c2ccccc2)cc1. The van der Waals surface area contributed by atoms with E-state index in [4.69, 9.17) is 4.74 Å². The van der Waals surface area contributed by atoms with Gasteiger partial charge in [-0.1, -0.05) is 54.1 Å². The second kappa shape index (κ2) is 10.2. The smallest absolute Gasteiger partial charge is 0.357 e. The Hall–Kier alpha value is -3.23. The Morgan fingerprint density at radius 3 is 2.65 bits per heavy atom. The van der Waals surface area contributed by atoms with Gasteiger partial charge in [-0.15, -0.1) is 28.2 Å². The van der Waals surface area contributed by atoms with Gasteiger partial charge in [0.2, 0.25) is 0 Å². The van der Waals surface area contributed by atoms with Crippen LogP contribution in [0.2, 0.25) is 0 Å². The highest BCUT2D eigenvalue weighted by molar-refractivity contribution is 7.99. The van der Waals surface area contributed by atoms with E-state index < -0.39 is 5.97 Å². The molecule has 6 nitrogen and oxygen atoms in total. The minimum absolute atomic E-state index is 0.270. The summed E-state index contributed by atoms with van der Waals surface area (Å²) in [6, 6.07) is 21.6. The largest absolute Gasteiger partial charge is 0.460 e. The van der Waals surface area contributed by atoms with E-state index in [2.05, 4.69) is 46.7 Å². The third kappa shape index (κ3) is 5.48. The quantitative estimate of drug-likeness (QED) is 0.163. The Morgan fingerprint density at radius 2 is 1.90 bits per heavy atom. The number of aryl methyl sites for hydroxylation is 1. The van der Waals surface area contributed by atoms with Crippen LogP contribution >= 0.6 is 23.1 Å². The summed E-state index contributed by atoms with van der Waals surface area (Å²) in [5.74, 6) is 0.666. The van der Waals surface area contributed by atoms with Crippen molar-refractivity contribution >= 4 is 40.8 Å². The van der Waals surface area contributed by atoms with Gasteiger partial charge in [0, 0.05) is 21.1 Å². The molecule has 0 amide bonds. The monoisotopic (exact) mass is 448 g/mol. The van der Waals surface area contributed by atoms with E-state index in [9.17, 15) is 4.79 Å². The molecule has 0 aliphatic carbocycles.